The van der Waals surface area contributed by atoms with Gasteiger partial charge in [-0.2, -0.15) is 0 Å². The fraction of sp³-hybridized carbons (Fsp3) is 0.643. The molecule has 0 aromatic carbocycles. The second kappa shape index (κ2) is 7.51. The number of carbonyl (C=O) groups excluding carboxylic acids is 1. The van der Waals surface area contributed by atoms with Crippen LogP contribution in [-0.4, -0.2) is 89.6 Å². The summed E-state index contributed by atoms with van der Waals surface area (Å²) < 4.78 is 5.26. The first kappa shape index (κ1) is 17.2. The predicted molar refractivity (Wildman–Crippen MR) is 87.4 cm³/mol. The van der Waals surface area contributed by atoms with Crippen molar-refractivity contribution in [3.05, 3.63) is 11.3 Å². The van der Waals surface area contributed by atoms with Gasteiger partial charge in [0.2, 0.25) is 5.91 Å². The molecule has 2 saturated heterocycles. The third-order valence-electron chi connectivity index (χ3n) is 4.13. The van der Waals surface area contributed by atoms with E-state index in [0.717, 1.165) is 32.8 Å². The lowest BCUT2D eigenvalue weighted by atomic mass is 10.0. The minimum atomic E-state index is -1.16. The van der Waals surface area contributed by atoms with Crippen LogP contribution in [0.4, 0.5) is 0 Å². The SMILES string of the molecule is NC1C(=O)N2C(C(=O)O)=C(C=NOCCN3CCOCC3)CS[C@@H]12. The smallest absolute Gasteiger partial charge is 0.353 e. The molecule has 2 fully saturated rings. The summed E-state index contributed by atoms with van der Waals surface area (Å²) in [5.74, 6) is -1.10. The number of carboxylic acids is 1. The van der Waals surface area contributed by atoms with Crippen LogP contribution >= 0.6 is 11.8 Å². The largest absolute Gasteiger partial charge is 0.477 e. The topological polar surface area (TPSA) is 118 Å². The van der Waals surface area contributed by atoms with Gasteiger partial charge in [-0.15, -0.1) is 11.8 Å². The van der Waals surface area contributed by atoms with E-state index in [1.54, 1.807) is 0 Å². The molecule has 3 aliphatic heterocycles. The number of fused-ring (bicyclic) bond motifs is 1. The van der Waals surface area contributed by atoms with E-state index in [1.165, 1.54) is 22.9 Å². The minimum Gasteiger partial charge on any atom is -0.477 e. The monoisotopic (exact) mass is 356 g/mol. The molecular formula is C14H20N4O5S. The number of amides is 1. The molecule has 3 heterocycles. The van der Waals surface area contributed by atoms with Gasteiger partial charge < -0.3 is 20.4 Å². The van der Waals surface area contributed by atoms with E-state index in [-0.39, 0.29) is 17.0 Å². The average Bonchev–Trinajstić information content (AvgIpc) is 2.60. The van der Waals surface area contributed by atoms with Crippen molar-refractivity contribution in [1.29, 1.82) is 0 Å². The molecule has 2 atom stereocenters. The van der Waals surface area contributed by atoms with Crippen LogP contribution in [0, 0.1) is 0 Å². The Hall–Kier alpha value is -1.62. The molecule has 1 amide bonds. The summed E-state index contributed by atoms with van der Waals surface area (Å²) in [6.45, 7) is 4.34. The minimum absolute atomic E-state index is 0.0500. The van der Waals surface area contributed by atoms with Crippen LogP contribution < -0.4 is 5.73 Å². The summed E-state index contributed by atoms with van der Waals surface area (Å²) >= 11 is 1.43. The van der Waals surface area contributed by atoms with E-state index >= 15 is 0 Å². The number of carbonyl (C=O) groups is 2. The third kappa shape index (κ3) is 3.41. The molecule has 1 unspecified atom stereocenters. The Bertz CT molecular complexity index is 576. The molecule has 0 aromatic heterocycles. The van der Waals surface area contributed by atoms with Crippen molar-refractivity contribution in [2.45, 2.75) is 11.4 Å². The molecule has 0 aromatic rings. The third-order valence-corrected chi connectivity index (χ3v) is 5.45. The highest BCUT2D eigenvalue weighted by Gasteiger charge is 2.51. The second-order valence-electron chi connectivity index (χ2n) is 5.64. The number of hydrogen-bond donors (Lipinski definition) is 2. The second-order valence-corrected chi connectivity index (χ2v) is 6.74. The molecule has 132 valence electrons. The van der Waals surface area contributed by atoms with Gasteiger partial charge >= 0.3 is 5.97 Å². The standard InChI is InChI=1S/C14H20N4O5S/c15-10-12(19)18-11(14(20)21)9(8-24-13(10)18)7-16-23-6-3-17-1-4-22-5-2-17/h7,10,13H,1-6,8,15H2,(H,20,21)/t10?,13-/m0/s1. The van der Waals surface area contributed by atoms with Crippen molar-refractivity contribution in [3.8, 4) is 0 Å². The zero-order chi connectivity index (χ0) is 17.1. The van der Waals surface area contributed by atoms with Gasteiger partial charge in [-0.1, -0.05) is 5.16 Å². The van der Waals surface area contributed by atoms with Crippen molar-refractivity contribution < 1.29 is 24.3 Å². The number of nitrogens with zero attached hydrogens (tertiary/aromatic N) is 3. The van der Waals surface area contributed by atoms with Gasteiger partial charge in [-0.3, -0.25) is 14.6 Å². The molecule has 9 nitrogen and oxygen atoms in total. The lowest BCUT2D eigenvalue weighted by Gasteiger charge is -2.47. The highest BCUT2D eigenvalue weighted by Crippen LogP contribution is 2.38. The summed E-state index contributed by atoms with van der Waals surface area (Å²) in [4.78, 5) is 31.9. The molecule has 3 N–H and O–H groups in total. The molecule has 3 rings (SSSR count). The first-order chi connectivity index (χ1) is 11.6. The van der Waals surface area contributed by atoms with E-state index in [0.29, 0.717) is 17.9 Å². The van der Waals surface area contributed by atoms with Crippen molar-refractivity contribution >= 4 is 29.9 Å². The Morgan fingerprint density at radius 2 is 2.25 bits per heavy atom. The van der Waals surface area contributed by atoms with E-state index in [4.69, 9.17) is 15.3 Å². The van der Waals surface area contributed by atoms with Crippen LogP contribution in [0.15, 0.2) is 16.4 Å². The van der Waals surface area contributed by atoms with Gasteiger partial charge in [0.25, 0.3) is 0 Å². The molecule has 3 aliphatic rings. The van der Waals surface area contributed by atoms with Crippen LogP contribution in [-0.2, 0) is 19.2 Å². The molecule has 0 spiro atoms. The number of β-lactam (4-membered cyclic amide) rings is 1. The summed E-state index contributed by atoms with van der Waals surface area (Å²) in [6, 6.07) is -0.632. The Morgan fingerprint density at radius 1 is 1.50 bits per heavy atom. The highest BCUT2D eigenvalue weighted by atomic mass is 32.2. The van der Waals surface area contributed by atoms with E-state index in [1.807, 2.05) is 0 Å². The number of hydrogen-bond acceptors (Lipinski definition) is 8. The fourth-order valence-corrected chi connectivity index (χ4v) is 4.03. The molecule has 10 heteroatoms. The number of ether oxygens (including phenoxy) is 1. The lowest BCUT2D eigenvalue weighted by Crippen LogP contribution is -2.68. The quantitative estimate of drug-likeness (QED) is 0.267. The van der Waals surface area contributed by atoms with Gasteiger partial charge in [0.05, 0.1) is 19.4 Å². The highest BCUT2D eigenvalue weighted by molar-refractivity contribution is 8.00. The number of thioether (sulfide) groups is 1. The van der Waals surface area contributed by atoms with Crippen LogP contribution in [0.25, 0.3) is 0 Å². The maximum Gasteiger partial charge on any atom is 0.353 e. The fourth-order valence-electron chi connectivity index (χ4n) is 2.79. The van der Waals surface area contributed by atoms with E-state index < -0.39 is 12.0 Å². The molecule has 0 aliphatic carbocycles. The van der Waals surface area contributed by atoms with Gasteiger partial charge in [0.15, 0.2) is 0 Å². The number of morpholine rings is 1. The number of aliphatic carboxylic acids is 1. The van der Waals surface area contributed by atoms with Gasteiger partial charge in [0, 0.05) is 31.0 Å². The van der Waals surface area contributed by atoms with Crippen LogP contribution in [0.5, 0.6) is 0 Å². The molecule has 0 bridgehead atoms. The zero-order valence-electron chi connectivity index (χ0n) is 13.1. The van der Waals surface area contributed by atoms with Gasteiger partial charge in [0.1, 0.15) is 23.7 Å². The van der Waals surface area contributed by atoms with E-state index in [9.17, 15) is 14.7 Å². The van der Waals surface area contributed by atoms with Crippen LogP contribution in [0.2, 0.25) is 0 Å². The Kier molecular flexibility index (Phi) is 5.39. The molecule has 0 radical (unpaired) electrons. The number of carboxylic acid groups (broad SMARTS) is 1. The summed E-state index contributed by atoms with van der Waals surface area (Å²) in [5.41, 5.74) is 6.10. The average molecular weight is 356 g/mol. The predicted octanol–water partition coefficient (Wildman–Crippen LogP) is -1.10. The van der Waals surface area contributed by atoms with Crippen molar-refractivity contribution in [1.82, 2.24) is 9.80 Å². The number of oxime groups is 1. The lowest BCUT2D eigenvalue weighted by molar-refractivity contribution is -0.147. The van der Waals surface area contributed by atoms with Crippen molar-refractivity contribution in [2.75, 3.05) is 45.2 Å². The Labute approximate surface area is 143 Å². The van der Waals surface area contributed by atoms with Crippen molar-refractivity contribution in [2.24, 2.45) is 10.9 Å². The van der Waals surface area contributed by atoms with Crippen molar-refractivity contribution in [3.63, 3.8) is 0 Å². The Balaban J connectivity index is 1.56. The number of nitrogens with two attached hydrogens (primary N) is 1. The van der Waals surface area contributed by atoms with Crippen LogP contribution in [0.3, 0.4) is 0 Å². The normalized spacial score (nSPS) is 28.0. The first-order valence-corrected chi connectivity index (χ1v) is 8.76. The maximum absolute atomic E-state index is 11.8. The first-order valence-electron chi connectivity index (χ1n) is 7.71. The van der Waals surface area contributed by atoms with Gasteiger partial charge in [-0.25, -0.2) is 4.79 Å². The Morgan fingerprint density at radius 3 is 2.96 bits per heavy atom. The zero-order valence-corrected chi connectivity index (χ0v) is 13.9. The summed E-state index contributed by atoms with van der Waals surface area (Å²) in [5, 5.41) is 12.9. The molecule has 24 heavy (non-hydrogen) atoms. The summed E-state index contributed by atoms with van der Waals surface area (Å²) in [6.07, 6.45) is 1.38. The van der Waals surface area contributed by atoms with E-state index in [2.05, 4.69) is 10.1 Å². The molecular weight excluding hydrogens is 336 g/mol. The molecule has 0 saturated carbocycles. The summed E-state index contributed by atoms with van der Waals surface area (Å²) in [7, 11) is 0. The van der Waals surface area contributed by atoms with Crippen LogP contribution in [0.1, 0.15) is 0 Å². The van der Waals surface area contributed by atoms with Gasteiger partial charge in [-0.05, 0) is 0 Å². The number of rotatable bonds is 6. The maximum atomic E-state index is 11.8.